The van der Waals surface area contributed by atoms with Gasteiger partial charge in [-0.2, -0.15) is 0 Å². The predicted octanol–water partition coefficient (Wildman–Crippen LogP) is 3.86. The highest BCUT2D eigenvalue weighted by atomic mass is 16.1. The van der Waals surface area contributed by atoms with Crippen molar-refractivity contribution in [1.82, 2.24) is 19.5 Å². The quantitative estimate of drug-likeness (QED) is 0.508. The van der Waals surface area contributed by atoms with Gasteiger partial charge in [0.2, 0.25) is 0 Å². The van der Waals surface area contributed by atoms with Crippen molar-refractivity contribution >= 4 is 22.8 Å². The lowest BCUT2D eigenvalue weighted by Crippen LogP contribution is -2.01. The van der Waals surface area contributed by atoms with Crippen molar-refractivity contribution in [3.05, 3.63) is 84.5 Å². The zero-order valence-corrected chi connectivity index (χ0v) is 14.5. The molecule has 5 heteroatoms. The third kappa shape index (κ3) is 3.82. The summed E-state index contributed by atoms with van der Waals surface area (Å²) in [5.74, 6) is -0.313. The molecular formula is C22H18N4O. The lowest BCUT2D eigenvalue weighted by Gasteiger charge is -2.05. The Morgan fingerprint density at radius 1 is 1.22 bits per heavy atom. The summed E-state index contributed by atoms with van der Waals surface area (Å²) in [6.07, 6.45) is 7.52. The van der Waals surface area contributed by atoms with Gasteiger partial charge in [0.05, 0.1) is 48.4 Å². The minimum atomic E-state index is -0.471. The number of ketones is 1. The number of carbonyl (C=O) groups excluding carboxylic acids is 1. The second kappa shape index (κ2) is 7.33. The molecule has 1 aromatic carbocycles. The number of aryl methyl sites for hydroxylation is 1. The molecule has 0 aliphatic heterocycles. The fourth-order valence-corrected chi connectivity index (χ4v) is 2.66. The van der Waals surface area contributed by atoms with Gasteiger partial charge in [-0.25, -0.2) is 9.97 Å². The van der Waals surface area contributed by atoms with E-state index in [0.717, 1.165) is 16.8 Å². The van der Waals surface area contributed by atoms with Crippen molar-refractivity contribution in [3.63, 3.8) is 0 Å². The molecule has 0 amide bonds. The third-order valence-electron chi connectivity index (χ3n) is 4.02. The summed E-state index contributed by atoms with van der Waals surface area (Å²) in [7, 11) is 1.88. The van der Waals surface area contributed by atoms with Crippen LogP contribution in [0.5, 0.6) is 0 Å². The fourth-order valence-electron chi connectivity index (χ4n) is 2.66. The Bertz CT molecular complexity index is 1370. The number of allylic oxidation sites excluding steroid dienone is 1. The van der Waals surface area contributed by atoms with E-state index in [1.165, 1.54) is 12.2 Å². The fraction of sp³-hybridized carbons (Fsp3) is 0.0909. The molecule has 0 spiro atoms. The SMILES string of the molecule is [2H]c1c([2H])c([2H])c(/C=C/C(=O)Cc2cc3nc(-c4cncn4C)ccc3cn2)c([2H])c1[2H]. The molecule has 4 rings (SSSR count). The number of rotatable bonds is 5. The number of pyridine rings is 2. The summed E-state index contributed by atoms with van der Waals surface area (Å²) in [4.78, 5) is 25.5. The molecule has 0 aliphatic rings. The lowest BCUT2D eigenvalue weighted by molar-refractivity contribution is -0.114. The minimum Gasteiger partial charge on any atom is -0.332 e. The van der Waals surface area contributed by atoms with Gasteiger partial charge in [-0.15, -0.1) is 0 Å². The van der Waals surface area contributed by atoms with Gasteiger partial charge in [-0.1, -0.05) is 36.3 Å². The van der Waals surface area contributed by atoms with Crippen molar-refractivity contribution < 1.29 is 11.6 Å². The average molecular weight is 359 g/mol. The molecule has 4 aromatic rings. The van der Waals surface area contributed by atoms with Crippen LogP contribution in [0.25, 0.3) is 28.4 Å². The highest BCUT2D eigenvalue weighted by molar-refractivity contribution is 5.95. The third-order valence-corrected chi connectivity index (χ3v) is 4.02. The molecule has 0 saturated heterocycles. The summed E-state index contributed by atoms with van der Waals surface area (Å²) in [6.45, 7) is 0. The van der Waals surface area contributed by atoms with Gasteiger partial charge in [-0.3, -0.25) is 9.78 Å². The van der Waals surface area contributed by atoms with Crippen LogP contribution in [0.4, 0.5) is 0 Å². The molecule has 0 N–H and O–H groups in total. The molecule has 0 fully saturated rings. The van der Waals surface area contributed by atoms with Crippen LogP contribution >= 0.6 is 0 Å². The average Bonchev–Trinajstić information content (AvgIpc) is 3.21. The summed E-state index contributed by atoms with van der Waals surface area (Å²) >= 11 is 0. The van der Waals surface area contributed by atoms with Crippen LogP contribution in [0.15, 0.2) is 73.2 Å². The summed E-state index contributed by atoms with van der Waals surface area (Å²) < 4.78 is 40.8. The molecular weight excluding hydrogens is 336 g/mol. The normalized spacial score (nSPS) is 13.9. The first-order chi connectivity index (χ1) is 15.3. The molecule has 132 valence electrons. The van der Waals surface area contributed by atoms with Crippen molar-refractivity contribution in [2.75, 3.05) is 0 Å². The first kappa shape index (κ1) is 11.9. The number of imidazole rings is 1. The standard InChI is InChI=1S/C22H18N4O/c1-26-15-23-14-22(26)20-10-8-17-13-24-18(12-21(17)25-20)11-19(27)9-7-16-5-3-2-4-6-16/h2-10,12-15H,11H2,1H3/b9-7+/i2D,3D,4D,5D,6D. The second-order valence-corrected chi connectivity index (χ2v) is 5.97. The molecule has 5 nitrogen and oxygen atoms in total. The Hall–Kier alpha value is -3.60. The van der Waals surface area contributed by atoms with Crippen LogP contribution in [0, 0.1) is 0 Å². The largest absolute Gasteiger partial charge is 0.332 e. The van der Waals surface area contributed by atoms with Gasteiger partial charge in [0.1, 0.15) is 0 Å². The highest BCUT2D eigenvalue weighted by Gasteiger charge is 2.08. The maximum Gasteiger partial charge on any atom is 0.161 e. The molecule has 3 heterocycles. The van der Waals surface area contributed by atoms with Crippen molar-refractivity contribution in [3.8, 4) is 11.4 Å². The number of nitrogens with zero attached hydrogens (tertiary/aromatic N) is 4. The van der Waals surface area contributed by atoms with Crippen molar-refractivity contribution in [2.24, 2.45) is 7.05 Å². The molecule has 0 unspecified atom stereocenters. The number of hydrogen-bond acceptors (Lipinski definition) is 4. The molecule has 0 radical (unpaired) electrons. The Morgan fingerprint density at radius 3 is 2.85 bits per heavy atom. The number of aromatic nitrogens is 4. The van der Waals surface area contributed by atoms with E-state index in [4.69, 9.17) is 6.85 Å². The van der Waals surface area contributed by atoms with Gasteiger partial charge in [-0.05, 0) is 29.8 Å². The topological polar surface area (TPSA) is 60.7 Å². The van der Waals surface area contributed by atoms with Crippen LogP contribution in [0.2, 0.25) is 0 Å². The van der Waals surface area contributed by atoms with E-state index >= 15 is 0 Å². The zero-order valence-electron chi connectivity index (χ0n) is 19.5. The van der Waals surface area contributed by atoms with Gasteiger partial charge < -0.3 is 4.57 Å². The van der Waals surface area contributed by atoms with Crippen LogP contribution in [0.3, 0.4) is 0 Å². The maximum atomic E-state index is 12.5. The van der Waals surface area contributed by atoms with Crippen LogP contribution in [-0.4, -0.2) is 25.3 Å². The smallest absolute Gasteiger partial charge is 0.161 e. The monoisotopic (exact) mass is 359 g/mol. The van der Waals surface area contributed by atoms with E-state index in [0.29, 0.717) is 11.2 Å². The lowest BCUT2D eigenvalue weighted by atomic mass is 10.1. The van der Waals surface area contributed by atoms with Gasteiger partial charge in [0.25, 0.3) is 0 Å². The number of fused-ring (bicyclic) bond motifs is 1. The van der Waals surface area contributed by atoms with E-state index in [9.17, 15) is 4.79 Å². The van der Waals surface area contributed by atoms with Gasteiger partial charge in [0, 0.05) is 18.6 Å². The van der Waals surface area contributed by atoms with Crippen LogP contribution in [-0.2, 0) is 18.3 Å². The Balaban J connectivity index is 1.58. The first-order valence-electron chi connectivity index (χ1n) is 10.8. The van der Waals surface area contributed by atoms with E-state index < -0.39 is 18.1 Å². The summed E-state index contributed by atoms with van der Waals surface area (Å²) in [5, 5.41) is 0.835. The van der Waals surface area contributed by atoms with Crippen LogP contribution in [0.1, 0.15) is 18.1 Å². The number of hydrogen-bond donors (Lipinski definition) is 0. The summed E-state index contributed by atoms with van der Waals surface area (Å²) in [5.41, 5.74) is 2.79. The first-order valence-corrected chi connectivity index (χ1v) is 8.26. The van der Waals surface area contributed by atoms with Crippen molar-refractivity contribution in [1.29, 1.82) is 0 Å². The Kier molecular flexibility index (Phi) is 3.23. The Labute approximate surface area is 164 Å². The number of benzene rings is 1. The van der Waals surface area contributed by atoms with E-state index in [2.05, 4.69) is 15.0 Å². The molecule has 27 heavy (non-hydrogen) atoms. The molecule has 3 aromatic heterocycles. The van der Waals surface area contributed by atoms with E-state index in [1.54, 1.807) is 24.8 Å². The number of carbonyl (C=O) groups is 1. The summed E-state index contributed by atoms with van der Waals surface area (Å²) in [6, 6.07) is 3.48. The predicted molar refractivity (Wildman–Crippen MR) is 106 cm³/mol. The highest BCUT2D eigenvalue weighted by Crippen LogP contribution is 2.20. The van der Waals surface area contributed by atoms with Crippen LogP contribution < -0.4 is 0 Å². The molecule has 0 aliphatic carbocycles. The minimum absolute atomic E-state index is 0.0112. The van der Waals surface area contributed by atoms with Gasteiger partial charge in [0.15, 0.2) is 5.78 Å². The zero-order chi connectivity index (χ0) is 23.0. The molecule has 0 bridgehead atoms. The molecule has 0 saturated carbocycles. The Morgan fingerprint density at radius 2 is 2.07 bits per heavy atom. The van der Waals surface area contributed by atoms with E-state index in [-0.39, 0.29) is 29.9 Å². The van der Waals surface area contributed by atoms with E-state index in [1.807, 2.05) is 23.7 Å². The maximum absolute atomic E-state index is 12.5. The van der Waals surface area contributed by atoms with Crippen molar-refractivity contribution in [2.45, 2.75) is 6.42 Å². The molecule has 0 atom stereocenters. The second-order valence-electron chi connectivity index (χ2n) is 5.97. The van der Waals surface area contributed by atoms with Gasteiger partial charge >= 0.3 is 0 Å².